The number of ether oxygens (including phenoxy) is 2. The van der Waals surface area contributed by atoms with Crippen molar-refractivity contribution in [3.63, 3.8) is 0 Å². The molecular formula is C11H14N2O4. The summed E-state index contributed by atoms with van der Waals surface area (Å²) in [6, 6.07) is 4.52. The third-order valence-electron chi connectivity index (χ3n) is 2.10. The van der Waals surface area contributed by atoms with Crippen LogP contribution in [0.1, 0.15) is 5.69 Å². The Bertz CT molecular complexity index is 380. The van der Waals surface area contributed by atoms with Crippen molar-refractivity contribution in [2.24, 2.45) is 0 Å². The molecule has 0 fully saturated rings. The molecule has 1 aromatic rings. The van der Waals surface area contributed by atoms with Gasteiger partial charge in [-0.05, 0) is 12.1 Å². The van der Waals surface area contributed by atoms with Gasteiger partial charge in [-0.1, -0.05) is 6.07 Å². The van der Waals surface area contributed by atoms with E-state index in [0.717, 1.165) is 0 Å². The lowest BCUT2D eigenvalue weighted by atomic mass is 10.1. The first kappa shape index (κ1) is 13.0. The minimum Gasteiger partial charge on any atom is -0.467 e. The molecule has 1 aromatic heterocycles. The van der Waals surface area contributed by atoms with Crippen LogP contribution in [0.15, 0.2) is 24.4 Å². The topological polar surface area (TPSA) is 77.5 Å². The lowest BCUT2D eigenvalue weighted by molar-refractivity contribution is -0.142. The molecule has 0 spiro atoms. The molecule has 0 aliphatic heterocycles. The van der Waals surface area contributed by atoms with Crippen LogP contribution in [0.4, 0.5) is 4.79 Å². The average molecular weight is 238 g/mol. The van der Waals surface area contributed by atoms with Gasteiger partial charge >= 0.3 is 12.1 Å². The van der Waals surface area contributed by atoms with Gasteiger partial charge in [0.15, 0.2) is 0 Å². The van der Waals surface area contributed by atoms with Crippen LogP contribution >= 0.6 is 0 Å². The fraction of sp³-hybridized carbons (Fsp3) is 0.364. The van der Waals surface area contributed by atoms with Gasteiger partial charge in [-0.15, -0.1) is 0 Å². The smallest absolute Gasteiger partial charge is 0.407 e. The minimum absolute atomic E-state index is 0.253. The predicted octanol–water partition coefficient (Wildman–Crippen LogP) is 0.522. The molecule has 1 N–H and O–H groups in total. The third-order valence-corrected chi connectivity index (χ3v) is 2.10. The van der Waals surface area contributed by atoms with E-state index in [1.54, 1.807) is 24.4 Å². The molecule has 92 valence electrons. The summed E-state index contributed by atoms with van der Waals surface area (Å²) in [7, 11) is 2.48. The fourth-order valence-electron chi connectivity index (χ4n) is 1.26. The van der Waals surface area contributed by atoms with Crippen LogP contribution in [0.5, 0.6) is 0 Å². The molecule has 0 aromatic carbocycles. The Balaban J connectivity index is 2.70. The number of carbonyl (C=O) groups is 2. The Morgan fingerprint density at radius 3 is 2.65 bits per heavy atom. The molecule has 1 heterocycles. The maximum Gasteiger partial charge on any atom is 0.407 e. The first-order valence-electron chi connectivity index (χ1n) is 4.99. The molecule has 0 saturated heterocycles. The lowest BCUT2D eigenvalue weighted by Gasteiger charge is -2.14. The largest absolute Gasteiger partial charge is 0.467 e. The van der Waals surface area contributed by atoms with Gasteiger partial charge in [0.25, 0.3) is 0 Å². The van der Waals surface area contributed by atoms with Crippen LogP contribution in [0, 0.1) is 0 Å². The van der Waals surface area contributed by atoms with E-state index in [2.05, 4.69) is 19.8 Å². The second kappa shape index (κ2) is 6.47. The Morgan fingerprint density at radius 1 is 1.35 bits per heavy atom. The molecule has 0 saturated carbocycles. The van der Waals surface area contributed by atoms with Crippen molar-refractivity contribution in [3.8, 4) is 0 Å². The first-order chi connectivity index (χ1) is 8.17. The number of hydrogen-bond acceptors (Lipinski definition) is 5. The quantitative estimate of drug-likeness (QED) is 0.774. The molecule has 17 heavy (non-hydrogen) atoms. The number of rotatable bonds is 4. The molecule has 1 amide bonds. The number of nitrogens with zero attached hydrogens (tertiary/aromatic N) is 1. The molecular weight excluding hydrogens is 224 g/mol. The standard InChI is InChI=1S/C11H14N2O4/c1-16-10(14)9(13-11(15)17-2)7-8-5-3-4-6-12-8/h3-6,9H,7H2,1-2H3,(H,13,15). The zero-order valence-electron chi connectivity index (χ0n) is 9.67. The summed E-state index contributed by atoms with van der Waals surface area (Å²) in [6.45, 7) is 0. The van der Waals surface area contributed by atoms with Crippen molar-refractivity contribution in [1.82, 2.24) is 10.3 Å². The van der Waals surface area contributed by atoms with Crippen molar-refractivity contribution in [2.75, 3.05) is 14.2 Å². The number of pyridine rings is 1. The predicted molar refractivity (Wildman–Crippen MR) is 59.3 cm³/mol. The van der Waals surface area contributed by atoms with Crippen molar-refractivity contribution < 1.29 is 19.1 Å². The summed E-state index contributed by atoms with van der Waals surface area (Å²) in [5.41, 5.74) is 0.680. The summed E-state index contributed by atoms with van der Waals surface area (Å²) in [4.78, 5) is 26.6. The third kappa shape index (κ3) is 4.10. The van der Waals surface area contributed by atoms with E-state index in [0.29, 0.717) is 5.69 Å². The van der Waals surface area contributed by atoms with Gasteiger partial charge in [0, 0.05) is 18.3 Å². The minimum atomic E-state index is -0.803. The Hall–Kier alpha value is -2.11. The summed E-state index contributed by atoms with van der Waals surface area (Å²) in [5.74, 6) is -0.541. The van der Waals surface area contributed by atoms with Gasteiger partial charge in [0.1, 0.15) is 6.04 Å². The number of methoxy groups -OCH3 is 2. The molecule has 0 bridgehead atoms. The number of esters is 1. The van der Waals surface area contributed by atoms with E-state index in [1.807, 2.05) is 0 Å². The fourth-order valence-corrected chi connectivity index (χ4v) is 1.26. The highest BCUT2D eigenvalue weighted by atomic mass is 16.5. The zero-order valence-corrected chi connectivity index (χ0v) is 9.67. The van der Waals surface area contributed by atoms with E-state index >= 15 is 0 Å². The highest BCUT2D eigenvalue weighted by Crippen LogP contribution is 2.01. The summed E-state index contributed by atoms with van der Waals surface area (Å²) in [5, 5.41) is 2.39. The highest BCUT2D eigenvalue weighted by Gasteiger charge is 2.22. The summed E-state index contributed by atoms with van der Waals surface area (Å²) >= 11 is 0. The van der Waals surface area contributed by atoms with Crippen molar-refractivity contribution in [1.29, 1.82) is 0 Å². The Morgan fingerprint density at radius 2 is 2.12 bits per heavy atom. The molecule has 0 radical (unpaired) electrons. The van der Waals surface area contributed by atoms with E-state index < -0.39 is 18.1 Å². The van der Waals surface area contributed by atoms with Gasteiger partial charge in [-0.3, -0.25) is 4.98 Å². The van der Waals surface area contributed by atoms with Crippen LogP contribution in [-0.2, 0) is 20.7 Å². The molecule has 0 aliphatic rings. The van der Waals surface area contributed by atoms with E-state index in [-0.39, 0.29) is 6.42 Å². The molecule has 6 nitrogen and oxygen atoms in total. The average Bonchev–Trinajstić information content (AvgIpc) is 2.38. The normalized spacial score (nSPS) is 11.4. The van der Waals surface area contributed by atoms with Gasteiger partial charge in [0.05, 0.1) is 14.2 Å². The summed E-state index contributed by atoms with van der Waals surface area (Å²) < 4.78 is 9.03. The summed E-state index contributed by atoms with van der Waals surface area (Å²) in [6.07, 6.45) is 1.18. The number of alkyl carbamates (subject to hydrolysis) is 1. The van der Waals surface area contributed by atoms with Crippen molar-refractivity contribution in [3.05, 3.63) is 30.1 Å². The highest BCUT2D eigenvalue weighted by molar-refractivity contribution is 5.81. The van der Waals surface area contributed by atoms with E-state index in [4.69, 9.17) is 0 Å². The van der Waals surface area contributed by atoms with Crippen molar-refractivity contribution >= 4 is 12.1 Å². The monoisotopic (exact) mass is 238 g/mol. The number of amides is 1. The van der Waals surface area contributed by atoms with Gasteiger partial charge in [-0.2, -0.15) is 0 Å². The molecule has 0 aliphatic carbocycles. The van der Waals surface area contributed by atoms with Crippen LogP contribution in [0.3, 0.4) is 0 Å². The SMILES string of the molecule is COC(=O)NC(Cc1ccccn1)C(=O)OC. The van der Waals surface area contributed by atoms with Gasteiger partial charge < -0.3 is 14.8 Å². The molecule has 1 atom stereocenters. The number of aromatic nitrogens is 1. The Labute approximate surface area is 98.9 Å². The number of hydrogen-bond donors (Lipinski definition) is 1. The van der Waals surface area contributed by atoms with Gasteiger partial charge in [-0.25, -0.2) is 9.59 Å². The van der Waals surface area contributed by atoms with Crippen LogP contribution in [0.25, 0.3) is 0 Å². The van der Waals surface area contributed by atoms with Crippen LogP contribution in [0.2, 0.25) is 0 Å². The Kier molecular flexibility index (Phi) is 4.93. The second-order valence-electron chi connectivity index (χ2n) is 3.24. The molecule has 1 unspecified atom stereocenters. The number of carbonyl (C=O) groups excluding carboxylic acids is 2. The van der Waals surface area contributed by atoms with E-state index in [1.165, 1.54) is 14.2 Å². The maximum absolute atomic E-state index is 11.4. The molecule has 1 rings (SSSR count). The maximum atomic E-state index is 11.4. The van der Waals surface area contributed by atoms with E-state index in [9.17, 15) is 9.59 Å². The second-order valence-corrected chi connectivity index (χ2v) is 3.24. The molecule has 6 heteroatoms. The zero-order chi connectivity index (χ0) is 12.7. The van der Waals surface area contributed by atoms with Crippen LogP contribution < -0.4 is 5.32 Å². The van der Waals surface area contributed by atoms with Gasteiger partial charge in [0.2, 0.25) is 0 Å². The van der Waals surface area contributed by atoms with Crippen molar-refractivity contribution in [2.45, 2.75) is 12.5 Å². The first-order valence-corrected chi connectivity index (χ1v) is 4.99. The van der Waals surface area contributed by atoms with Crippen LogP contribution in [-0.4, -0.2) is 37.3 Å². The number of nitrogens with one attached hydrogen (secondary N) is 1. The lowest BCUT2D eigenvalue weighted by Crippen LogP contribution is -2.43.